The monoisotopic (exact) mass is 867 g/mol. The van der Waals surface area contributed by atoms with Gasteiger partial charge in [0.2, 0.25) is 11.8 Å². The third-order valence-electron chi connectivity index (χ3n) is 10.2. The molecule has 2 aliphatic rings. The van der Waals surface area contributed by atoms with Crippen molar-refractivity contribution in [3.8, 4) is 0 Å². The summed E-state index contributed by atoms with van der Waals surface area (Å²) in [6, 6.07) is 12.0. The first-order valence-corrected chi connectivity index (χ1v) is 22.1. The highest BCUT2D eigenvalue weighted by Gasteiger charge is 2.50. The second-order valence-electron chi connectivity index (χ2n) is 15.6. The molecule has 4 atom stereocenters. The molecule has 2 aromatic carbocycles. The van der Waals surface area contributed by atoms with Gasteiger partial charge >= 0.3 is 13.3 Å². The molecule has 0 saturated carbocycles. The molecule has 5 rings (SSSR count). The molecule has 15 nitrogen and oxygen atoms in total. The normalized spacial score (nSPS) is 19.6. The lowest BCUT2D eigenvalue weighted by Gasteiger charge is -2.38. The average Bonchev–Trinajstić information content (AvgIpc) is 3.84. The first-order chi connectivity index (χ1) is 28.0. The maximum Gasteiger partial charge on any atom is 0.399 e. The van der Waals surface area contributed by atoms with Crippen LogP contribution >= 0.6 is 18.9 Å². The number of benzene rings is 2. The van der Waals surface area contributed by atoms with Crippen molar-refractivity contribution in [2.45, 2.75) is 63.5 Å². The van der Waals surface area contributed by atoms with Crippen LogP contribution in [-0.4, -0.2) is 134 Å². The van der Waals surface area contributed by atoms with Gasteiger partial charge in [0.15, 0.2) is 0 Å². The summed E-state index contributed by atoms with van der Waals surface area (Å²) < 4.78 is 63.4. The average molecular weight is 868 g/mol. The van der Waals surface area contributed by atoms with Crippen molar-refractivity contribution in [3.05, 3.63) is 70.6 Å². The zero-order valence-corrected chi connectivity index (χ0v) is 35.4. The van der Waals surface area contributed by atoms with Crippen molar-refractivity contribution < 1.29 is 56.5 Å². The first-order valence-electron chi connectivity index (χ1n) is 19.7. The zero-order valence-electron chi connectivity index (χ0n) is 33.6. The number of thiophene rings is 1. The molecule has 3 amide bonds. The van der Waals surface area contributed by atoms with Crippen LogP contribution in [0.2, 0.25) is 0 Å². The van der Waals surface area contributed by atoms with Crippen molar-refractivity contribution in [1.29, 1.82) is 0 Å². The van der Waals surface area contributed by atoms with Crippen LogP contribution < -0.4 is 16.4 Å². The van der Waals surface area contributed by atoms with Crippen molar-refractivity contribution in [1.82, 2.24) is 20.4 Å². The number of alkyl halides is 2. The maximum absolute atomic E-state index is 14.7. The van der Waals surface area contributed by atoms with E-state index in [1.165, 1.54) is 12.1 Å². The zero-order chi connectivity index (χ0) is 42.8. The summed E-state index contributed by atoms with van der Waals surface area (Å²) in [6.45, 7) is 10.4. The second kappa shape index (κ2) is 20.9. The molecule has 2 saturated heterocycles. The molecule has 2 aliphatic heterocycles. The largest absolute Gasteiger partial charge is 0.399 e. The lowest BCUT2D eigenvalue weighted by Crippen LogP contribution is -2.58. The Balaban J connectivity index is 1.27. The van der Waals surface area contributed by atoms with Crippen molar-refractivity contribution in [2.24, 2.45) is 11.1 Å². The van der Waals surface area contributed by atoms with Crippen LogP contribution in [0.3, 0.4) is 0 Å². The number of rotatable bonds is 20. The summed E-state index contributed by atoms with van der Waals surface area (Å²) in [4.78, 5) is 64.7. The minimum absolute atomic E-state index is 0.109. The Kier molecular flexibility index (Phi) is 16.5. The molecule has 0 aliphatic carbocycles. The number of nitrogens with one attached hydrogen (secondary N) is 2. The number of hydrogen-bond donors (Lipinski definition) is 5. The predicted molar refractivity (Wildman–Crippen MR) is 218 cm³/mol. The van der Waals surface area contributed by atoms with Crippen LogP contribution in [0.25, 0.3) is 10.1 Å². The Hall–Kier alpha value is -3.42. The van der Waals surface area contributed by atoms with E-state index in [4.69, 9.17) is 24.7 Å². The second-order valence-corrected chi connectivity index (χ2v) is 18.4. The fourth-order valence-corrected chi connectivity index (χ4v) is 8.45. The molecule has 0 bridgehead atoms. The Morgan fingerprint density at radius 1 is 0.983 bits per heavy atom. The number of amides is 3. The fraction of sp³-hybridized carbons (Fsp3) is 0.575. The lowest BCUT2D eigenvalue weighted by atomic mass is 9.85. The molecule has 59 heavy (non-hydrogen) atoms. The third kappa shape index (κ3) is 12.3. The van der Waals surface area contributed by atoms with E-state index in [9.17, 15) is 37.5 Å². The third-order valence-corrected chi connectivity index (χ3v) is 12.3. The molecule has 0 radical (unpaired) electrons. The van der Waals surface area contributed by atoms with Crippen molar-refractivity contribution in [2.75, 3.05) is 79.0 Å². The Morgan fingerprint density at radius 3 is 2.32 bits per heavy atom. The molecule has 3 heterocycles. The van der Waals surface area contributed by atoms with E-state index in [-0.39, 0.29) is 34.9 Å². The van der Waals surface area contributed by atoms with E-state index in [1.807, 2.05) is 30.3 Å². The summed E-state index contributed by atoms with van der Waals surface area (Å²) in [5, 5.41) is 6.53. The van der Waals surface area contributed by atoms with Gasteiger partial charge in [0.05, 0.1) is 51.1 Å². The fourth-order valence-electron chi connectivity index (χ4n) is 7.02. The minimum Gasteiger partial charge on any atom is -0.379 e. The van der Waals surface area contributed by atoms with E-state index in [0.29, 0.717) is 90.0 Å². The number of ether oxygens (including phenoxy) is 4. The van der Waals surface area contributed by atoms with Gasteiger partial charge in [-0.1, -0.05) is 57.2 Å². The van der Waals surface area contributed by atoms with E-state index in [0.717, 1.165) is 29.0 Å². The van der Waals surface area contributed by atoms with Crippen LogP contribution in [0.1, 0.15) is 60.5 Å². The quantitative estimate of drug-likeness (QED) is 0.0814. The Bertz CT molecular complexity index is 1910. The van der Waals surface area contributed by atoms with E-state index in [1.54, 1.807) is 30.6 Å². The van der Waals surface area contributed by atoms with Gasteiger partial charge in [-0.25, -0.2) is 0 Å². The van der Waals surface area contributed by atoms with Gasteiger partial charge in [0.25, 0.3) is 5.91 Å². The number of hydrogen-bond acceptors (Lipinski definition) is 11. The summed E-state index contributed by atoms with van der Waals surface area (Å²) in [6.07, 6.45) is 0.700. The molecular formula is C40H56F2N5O10PS. The van der Waals surface area contributed by atoms with Gasteiger partial charge in [-0.2, -0.15) is 8.78 Å². The number of halogens is 2. The number of carbonyl (C=O) groups is 3. The van der Waals surface area contributed by atoms with Gasteiger partial charge in [-0.05, 0) is 54.0 Å². The first kappa shape index (κ1) is 46.6. The predicted octanol–water partition coefficient (Wildman–Crippen LogP) is 3.83. The molecule has 1 aromatic heterocycles. The Morgan fingerprint density at radius 2 is 1.66 bits per heavy atom. The highest BCUT2D eigenvalue weighted by Crippen LogP contribution is 2.59. The van der Waals surface area contributed by atoms with Gasteiger partial charge in [-0.15, -0.1) is 11.3 Å². The number of morpholine rings is 1. The Labute approximate surface area is 347 Å². The van der Waals surface area contributed by atoms with E-state index in [2.05, 4.69) is 10.6 Å². The smallest absolute Gasteiger partial charge is 0.379 e. The van der Waals surface area contributed by atoms with Crippen molar-refractivity contribution >= 4 is 46.7 Å². The van der Waals surface area contributed by atoms with E-state index < -0.39 is 48.1 Å². The van der Waals surface area contributed by atoms with Crippen molar-refractivity contribution in [3.63, 3.8) is 0 Å². The minimum atomic E-state index is -5.81. The number of nitrogens with two attached hydrogens (primary N) is 1. The van der Waals surface area contributed by atoms with Gasteiger partial charge in [0, 0.05) is 42.5 Å². The van der Waals surface area contributed by atoms with Crippen LogP contribution in [0.15, 0.2) is 54.6 Å². The van der Waals surface area contributed by atoms with Gasteiger partial charge < -0.3 is 54.9 Å². The van der Waals surface area contributed by atoms with Gasteiger partial charge in [0.1, 0.15) is 18.2 Å². The molecule has 2 fully saturated rings. The summed E-state index contributed by atoms with van der Waals surface area (Å²) in [7, 11) is -5.81. The highest BCUT2D eigenvalue weighted by molar-refractivity contribution is 7.52. The summed E-state index contributed by atoms with van der Waals surface area (Å²) in [5.74, 6) is -1.29. The van der Waals surface area contributed by atoms with Crippen LogP contribution in [0, 0.1) is 5.41 Å². The number of likely N-dealkylation sites (tertiary alicyclic amines) is 1. The molecule has 19 heteroatoms. The number of nitrogens with zero attached hydrogens (tertiary/aromatic N) is 2. The van der Waals surface area contributed by atoms with Crippen LogP contribution in [0.5, 0.6) is 0 Å². The van der Waals surface area contributed by atoms with Crippen LogP contribution in [-0.2, 0) is 38.8 Å². The van der Waals surface area contributed by atoms with E-state index >= 15 is 0 Å². The molecule has 0 spiro atoms. The van der Waals surface area contributed by atoms with Crippen LogP contribution in [0.4, 0.5) is 8.78 Å². The SMILES string of the molecule is CC(C)(C)[C@H](NC(=O)c1cc2cc(C(F)(F)P(=O)(O)O)ccc2s1)C(=O)N1C[C@@H](NCCCOCCOCCOCCN)C[C@H]1C(=O)N1CCO[C@H](c2ccccc2)C1. The number of fused-ring (bicyclic) bond motifs is 1. The standard InChI is InChI=1S/C40H56F2N5O10PS/c1-39(2,3)35(45-36(48)34-23-28-22-29(10-11-33(28)59-34)40(41,42)58(51,52)53)38(50)47-25-30(44-13-7-15-54-18-20-56-21-19-55-16-12-43)24-31(47)37(49)46-14-17-57-32(26-46)27-8-5-4-6-9-27/h4-6,8-11,22-23,30-32,35,44H,7,12-21,24-26,43H2,1-3H3,(H,45,48)(H2,51,52,53)/t30-,31-,32-,35+/m0/s1. The van der Waals surface area contributed by atoms with Gasteiger partial charge in [-0.3, -0.25) is 18.9 Å². The molecular weight excluding hydrogens is 812 g/mol. The lowest BCUT2D eigenvalue weighted by molar-refractivity contribution is -0.150. The summed E-state index contributed by atoms with van der Waals surface area (Å²) >= 11 is 0.989. The maximum atomic E-state index is 14.7. The molecule has 0 unspecified atom stereocenters. The summed E-state index contributed by atoms with van der Waals surface area (Å²) in [5.41, 5.74) is 0.222. The number of carbonyl (C=O) groups excluding carboxylic acids is 3. The molecule has 3 aromatic rings. The highest BCUT2D eigenvalue weighted by atomic mass is 32.1. The molecule has 6 N–H and O–H groups in total. The molecule has 326 valence electrons. The topological polar surface area (TPSA) is 202 Å².